The van der Waals surface area contributed by atoms with Crippen LogP contribution in [0.25, 0.3) is 6.08 Å². The molecule has 2 rings (SSSR count). The van der Waals surface area contributed by atoms with E-state index in [2.05, 4.69) is 0 Å². The van der Waals surface area contributed by atoms with Gasteiger partial charge in [-0.15, -0.1) is 0 Å². The number of amides is 1. The molecule has 0 fully saturated rings. The Kier molecular flexibility index (Phi) is 5.44. The second-order valence-electron chi connectivity index (χ2n) is 5.97. The fraction of sp³-hybridized carbons (Fsp3) is 0.333. The zero-order valence-electron chi connectivity index (χ0n) is 15.2. The van der Waals surface area contributed by atoms with Gasteiger partial charge >= 0.3 is 11.7 Å². The average molecular weight is 360 g/mol. The molecule has 138 valence electrons. The standard InChI is InChI=1S/C18H20N2O6/c1-10(2)19-11(3)16(18(22)26-5)13(17(19)21)8-12-6-7-15(25-4)14(9-12)20(23)24/h6-10H,1-5H3/b13-8-. The second kappa shape index (κ2) is 7.38. The van der Waals surface area contributed by atoms with Crippen LogP contribution in [0.3, 0.4) is 0 Å². The molecule has 0 aliphatic carbocycles. The highest BCUT2D eigenvalue weighted by Gasteiger charge is 2.38. The summed E-state index contributed by atoms with van der Waals surface area (Å²) in [4.78, 5) is 37.1. The van der Waals surface area contributed by atoms with Gasteiger partial charge in [-0.1, -0.05) is 6.07 Å². The molecule has 1 amide bonds. The Morgan fingerprint density at radius 3 is 2.46 bits per heavy atom. The average Bonchev–Trinajstić information content (AvgIpc) is 2.84. The number of hydrogen-bond acceptors (Lipinski definition) is 6. The van der Waals surface area contributed by atoms with E-state index in [1.165, 1.54) is 37.3 Å². The topological polar surface area (TPSA) is 99.0 Å². The van der Waals surface area contributed by atoms with Crippen LogP contribution in [0.1, 0.15) is 26.3 Å². The summed E-state index contributed by atoms with van der Waals surface area (Å²) in [6.07, 6.45) is 1.45. The summed E-state index contributed by atoms with van der Waals surface area (Å²) in [5.41, 5.74) is 0.965. The molecule has 0 aromatic heterocycles. The molecule has 0 saturated heterocycles. The fourth-order valence-corrected chi connectivity index (χ4v) is 2.93. The zero-order valence-corrected chi connectivity index (χ0v) is 15.2. The van der Waals surface area contributed by atoms with Crippen molar-refractivity contribution in [1.82, 2.24) is 4.90 Å². The number of esters is 1. The lowest BCUT2D eigenvalue weighted by Crippen LogP contribution is -2.31. The van der Waals surface area contributed by atoms with Gasteiger partial charge in [0.2, 0.25) is 0 Å². The van der Waals surface area contributed by atoms with Gasteiger partial charge in [0.1, 0.15) is 0 Å². The molecule has 1 aliphatic heterocycles. The molecule has 1 aromatic rings. The number of benzene rings is 1. The van der Waals surface area contributed by atoms with Crippen LogP contribution in [0.4, 0.5) is 5.69 Å². The maximum atomic E-state index is 12.8. The fourth-order valence-electron chi connectivity index (χ4n) is 2.93. The van der Waals surface area contributed by atoms with Gasteiger partial charge in [-0.2, -0.15) is 0 Å². The summed E-state index contributed by atoms with van der Waals surface area (Å²) in [6, 6.07) is 4.16. The molecular weight excluding hydrogens is 340 g/mol. The monoisotopic (exact) mass is 360 g/mol. The van der Waals surface area contributed by atoms with Crippen LogP contribution >= 0.6 is 0 Å². The largest absolute Gasteiger partial charge is 0.490 e. The van der Waals surface area contributed by atoms with E-state index in [0.717, 1.165) is 0 Å². The first-order chi connectivity index (χ1) is 12.2. The highest BCUT2D eigenvalue weighted by Crippen LogP contribution is 2.34. The number of carbonyl (C=O) groups excluding carboxylic acids is 2. The third-order valence-corrected chi connectivity index (χ3v) is 4.06. The van der Waals surface area contributed by atoms with Gasteiger partial charge in [-0.25, -0.2) is 4.79 Å². The van der Waals surface area contributed by atoms with E-state index >= 15 is 0 Å². The molecule has 0 bridgehead atoms. The third-order valence-electron chi connectivity index (χ3n) is 4.06. The van der Waals surface area contributed by atoms with Crippen molar-refractivity contribution in [3.63, 3.8) is 0 Å². The molecule has 26 heavy (non-hydrogen) atoms. The number of nitrogens with zero attached hydrogens (tertiary/aromatic N) is 2. The molecule has 8 nitrogen and oxygen atoms in total. The van der Waals surface area contributed by atoms with Crippen molar-refractivity contribution >= 4 is 23.6 Å². The lowest BCUT2D eigenvalue weighted by Gasteiger charge is -2.22. The number of rotatable bonds is 5. The van der Waals surface area contributed by atoms with Gasteiger partial charge in [-0.05, 0) is 38.5 Å². The minimum atomic E-state index is -0.631. The van der Waals surface area contributed by atoms with Gasteiger partial charge in [0.25, 0.3) is 5.91 Å². The van der Waals surface area contributed by atoms with E-state index < -0.39 is 10.9 Å². The quantitative estimate of drug-likeness (QED) is 0.346. The summed E-state index contributed by atoms with van der Waals surface area (Å²) in [5.74, 6) is -0.872. The molecule has 0 atom stereocenters. The highest BCUT2D eigenvalue weighted by atomic mass is 16.6. The molecule has 0 N–H and O–H groups in total. The van der Waals surface area contributed by atoms with Gasteiger partial charge < -0.3 is 14.4 Å². The molecule has 1 aromatic carbocycles. The van der Waals surface area contributed by atoms with Gasteiger partial charge in [-0.3, -0.25) is 14.9 Å². The predicted octanol–water partition coefficient (Wildman–Crippen LogP) is 2.68. The van der Waals surface area contributed by atoms with Crippen molar-refractivity contribution in [1.29, 1.82) is 0 Å². The highest BCUT2D eigenvalue weighted by molar-refractivity contribution is 6.16. The first-order valence-electron chi connectivity index (χ1n) is 7.90. The van der Waals surface area contributed by atoms with Crippen molar-refractivity contribution in [2.24, 2.45) is 0 Å². The molecular formula is C18H20N2O6. The summed E-state index contributed by atoms with van der Waals surface area (Å²) < 4.78 is 9.78. The summed E-state index contributed by atoms with van der Waals surface area (Å²) in [5, 5.41) is 11.2. The Balaban J connectivity index is 2.61. The minimum absolute atomic E-state index is 0.110. The van der Waals surface area contributed by atoms with E-state index in [1.54, 1.807) is 13.0 Å². The number of methoxy groups -OCH3 is 2. The molecule has 0 spiro atoms. The maximum absolute atomic E-state index is 12.8. The van der Waals surface area contributed by atoms with Crippen molar-refractivity contribution in [2.75, 3.05) is 14.2 Å². The number of nitro groups is 1. The molecule has 1 aliphatic rings. The van der Waals surface area contributed by atoms with Gasteiger partial charge in [0, 0.05) is 17.8 Å². The summed E-state index contributed by atoms with van der Waals surface area (Å²) >= 11 is 0. The normalized spacial score (nSPS) is 15.8. The Morgan fingerprint density at radius 2 is 1.96 bits per heavy atom. The predicted molar refractivity (Wildman–Crippen MR) is 94.3 cm³/mol. The Hall–Kier alpha value is -3.16. The number of ether oxygens (including phenoxy) is 2. The first-order valence-corrected chi connectivity index (χ1v) is 7.90. The smallest absolute Gasteiger partial charge is 0.340 e. The SMILES string of the molecule is COC(=O)C1=C(C)N(C(C)C)C(=O)/C1=C\c1ccc(OC)c([N+](=O)[O-])c1. The molecule has 8 heteroatoms. The van der Waals surface area contributed by atoms with Gasteiger partial charge in [0.05, 0.1) is 30.3 Å². The summed E-state index contributed by atoms with van der Waals surface area (Å²) in [7, 11) is 2.57. The van der Waals surface area contributed by atoms with Crippen LogP contribution in [0.2, 0.25) is 0 Å². The lowest BCUT2D eigenvalue weighted by atomic mass is 10.0. The van der Waals surface area contributed by atoms with Crippen LogP contribution in [0.5, 0.6) is 5.75 Å². The maximum Gasteiger partial charge on any atom is 0.340 e. The van der Waals surface area contributed by atoms with Gasteiger partial charge in [0.15, 0.2) is 5.75 Å². The lowest BCUT2D eigenvalue weighted by molar-refractivity contribution is -0.385. The number of carbonyl (C=O) groups is 2. The number of hydrogen-bond donors (Lipinski definition) is 0. The van der Waals surface area contributed by atoms with E-state index in [0.29, 0.717) is 11.3 Å². The summed E-state index contributed by atoms with van der Waals surface area (Å²) in [6.45, 7) is 5.33. The van der Waals surface area contributed by atoms with Crippen molar-refractivity contribution in [3.8, 4) is 5.75 Å². The molecule has 0 unspecified atom stereocenters. The minimum Gasteiger partial charge on any atom is -0.490 e. The van der Waals surface area contributed by atoms with Crippen molar-refractivity contribution < 1.29 is 24.0 Å². The number of nitro benzene ring substituents is 1. The third kappa shape index (κ3) is 3.30. The van der Waals surface area contributed by atoms with Crippen LogP contribution in [0.15, 0.2) is 35.0 Å². The van der Waals surface area contributed by atoms with Crippen molar-refractivity contribution in [3.05, 3.63) is 50.7 Å². The van der Waals surface area contributed by atoms with E-state index in [1.807, 2.05) is 13.8 Å². The van der Waals surface area contributed by atoms with E-state index in [9.17, 15) is 19.7 Å². The molecule has 1 heterocycles. The Morgan fingerprint density at radius 1 is 1.31 bits per heavy atom. The van der Waals surface area contributed by atoms with Crippen LogP contribution in [-0.4, -0.2) is 42.0 Å². The first kappa shape index (κ1) is 19.2. The Labute approximate surface area is 150 Å². The van der Waals surface area contributed by atoms with Crippen LogP contribution < -0.4 is 4.74 Å². The second-order valence-corrected chi connectivity index (χ2v) is 5.97. The van der Waals surface area contributed by atoms with Crippen molar-refractivity contribution in [2.45, 2.75) is 26.8 Å². The van der Waals surface area contributed by atoms with E-state index in [4.69, 9.17) is 9.47 Å². The Bertz CT molecular complexity index is 838. The zero-order chi connectivity index (χ0) is 19.6. The number of allylic oxidation sites excluding steroid dienone is 1. The molecule has 0 saturated carbocycles. The molecule has 0 radical (unpaired) electrons. The van der Waals surface area contributed by atoms with E-state index in [-0.39, 0.29) is 34.5 Å². The van der Waals surface area contributed by atoms with Crippen LogP contribution in [0, 0.1) is 10.1 Å². The van der Waals surface area contributed by atoms with Crippen LogP contribution in [-0.2, 0) is 14.3 Å².